The van der Waals surface area contributed by atoms with Gasteiger partial charge in [0.05, 0.1) is 21.4 Å². The van der Waals surface area contributed by atoms with Gasteiger partial charge in [0.25, 0.3) is 10.0 Å². The number of aryl methyl sites for hydroxylation is 2. The lowest BCUT2D eigenvalue weighted by Gasteiger charge is -2.14. The van der Waals surface area contributed by atoms with Crippen molar-refractivity contribution >= 4 is 44.4 Å². The number of sulfonamides is 1. The Morgan fingerprint density at radius 3 is 2.22 bits per heavy atom. The Labute approximate surface area is 294 Å². The molecule has 0 bridgehead atoms. The average Bonchev–Trinajstić information content (AvgIpc) is 3.45. The number of carbonyl (C=O) groups excluding carboxylic acids is 2. The fraction of sp³-hybridized carbons (Fsp3) is 0.216. The van der Waals surface area contributed by atoms with Crippen LogP contribution >= 0.6 is 11.8 Å². The third-order valence-electron chi connectivity index (χ3n) is 7.80. The second kappa shape index (κ2) is 16.3. The predicted octanol–water partition coefficient (Wildman–Crippen LogP) is 6.76. The molecule has 0 spiro atoms. The van der Waals surface area contributed by atoms with Gasteiger partial charge in [-0.25, -0.2) is 22.9 Å². The van der Waals surface area contributed by atoms with Crippen LogP contribution in [0.1, 0.15) is 46.3 Å². The first-order valence-electron chi connectivity index (χ1n) is 15.7. The van der Waals surface area contributed by atoms with Crippen molar-refractivity contribution in [3.63, 3.8) is 0 Å². The third kappa shape index (κ3) is 8.94. The third-order valence-corrected chi connectivity index (χ3v) is 11.2. The number of ketones is 1. The molecule has 0 aliphatic heterocycles. The van der Waals surface area contributed by atoms with Crippen LogP contribution in [0.5, 0.6) is 0 Å². The number of amides is 2. The van der Waals surface area contributed by atoms with E-state index in [0.717, 1.165) is 28.9 Å². The lowest BCUT2D eigenvalue weighted by atomic mass is 10.0. The molecule has 2 amide bonds. The van der Waals surface area contributed by atoms with Gasteiger partial charge in [-0.3, -0.25) is 9.00 Å². The van der Waals surface area contributed by atoms with Gasteiger partial charge >= 0.3 is 6.03 Å². The van der Waals surface area contributed by atoms with Crippen molar-refractivity contribution < 1.29 is 22.2 Å². The van der Waals surface area contributed by atoms with Crippen molar-refractivity contribution in [1.29, 1.82) is 0 Å². The van der Waals surface area contributed by atoms with Crippen molar-refractivity contribution in [3.8, 4) is 11.1 Å². The Balaban J connectivity index is 1.37. The van der Waals surface area contributed by atoms with Gasteiger partial charge in [0, 0.05) is 30.0 Å². The largest absolute Gasteiger partial charge is 0.333 e. The summed E-state index contributed by atoms with van der Waals surface area (Å²) in [7, 11) is -5.71. The van der Waals surface area contributed by atoms with Crippen LogP contribution in [-0.2, 0) is 40.3 Å². The van der Waals surface area contributed by atoms with Gasteiger partial charge in [0.1, 0.15) is 16.5 Å². The molecule has 1 aromatic heterocycles. The molecule has 1 atom stereocenters. The molecule has 2 N–H and O–H groups in total. The zero-order valence-electron chi connectivity index (χ0n) is 27.5. The van der Waals surface area contributed by atoms with E-state index in [0.29, 0.717) is 39.7 Å². The van der Waals surface area contributed by atoms with Crippen molar-refractivity contribution in [3.05, 3.63) is 131 Å². The highest BCUT2D eigenvalue weighted by Gasteiger charge is 2.25. The number of benzene rings is 4. The Hall–Kier alpha value is -4.52. The molecule has 12 heteroatoms. The molecule has 0 aliphatic carbocycles. The van der Waals surface area contributed by atoms with Crippen LogP contribution in [0.15, 0.2) is 118 Å². The molecular formula is C37H38N4O5S3. The zero-order chi connectivity index (χ0) is 35.0. The van der Waals surface area contributed by atoms with E-state index in [4.69, 9.17) is 4.98 Å². The minimum atomic E-state index is -4.20. The topological polar surface area (TPSA) is 127 Å². The summed E-state index contributed by atoms with van der Waals surface area (Å²) in [6.07, 6.45) is 3.37. The first-order chi connectivity index (χ1) is 23.6. The van der Waals surface area contributed by atoms with E-state index >= 15 is 0 Å². The van der Waals surface area contributed by atoms with Gasteiger partial charge < -0.3 is 9.88 Å². The summed E-state index contributed by atoms with van der Waals surface area (Å²) in [6.45, 7) is 4.53. The van der Waals surface area contributed by atoms with Crippen LogP contribution in [0.2, 0.25) is 0 Å². The van der Waals surface area contributed by atoms with Gasteiger partial charge in [-0.1, -0.05) is 97.4 Å². The van der Waals surface area contributed by atoms with Crippen LogP contribution in [0.3, 0.4) is 0 Å². The number of urea groups is 1. The molecule has 254 valence electrons. The number of rotatable bonds is 14. The first-order valence-corrected chi connectivity index (χ1v) is 19.8. The van der Waals surface area contributed by atoms with Crippen LogP contribution in [0.25, 0.3) is 11.1 Å². The number of aromatic nitrogens is 2. The van der Waals surface area contributed by atoms with E-state index in [1.165, 1.54) is 17.8 Å². The van der Waals surface area contributed by atoms with Crippen LogP contribution in [-0.4, -0.2) is 46.0 Å². The Kier molecular flexibility index (Phi) is 11.9. The van der Waals surface area contributed by atoms with E-state index in [2.05, 4.69) is 10.0 Å². The molecule has 0 saturated heterocycles. The normalized spacial score (nSPS) is 12.0. The smallest absolute Gasteiger partial charge is 0.328 e. The van der Waals surface area contributed by atoms with Crippen molar-refractivity contribution in [1.82, 2.24) is 19.6 Å². The van der Waals surface area contributed by atoms with Gasteiger partial charge in [0.15, 0.2) is 5.78 Å². The number of nitrogens with zero attached hydrogens (tertiary/aromatic N) is 2. The molecule has 49 heavy (non-hydrogen) atoms. The average molecular weight is 715 g/mol. The molecule has 4 aromatic carbocycles. The number of imidazole rings is 1. The fourth-order valence-electron chi connectivity index (χ4n) is 5.34. The van der Waals surface area contributed by atoms with Crippen LogP contribution in [0, 0.1) is 6.92 Å². The number of hydrogen-bond acceptors (Lipinski definition) is 7. The molecule has 1 heterocycles. The quantitative estimate of drug-likeness (QED) is 0.0962. The summed E-state index contributed by atoms with van der Waals surface area (Å²) in [5, 5.41) is 3.19. The molecular weight excluding hydrogens is 677 g/mol. The minimum absolute atomic E-state index is 0.0310. The van der Waals surface area contributed by atoms with E-state index < -0.39 is 26.9 Å². The summed E-state index contributed by atoms with van der Waals surface area (Å²) in [5.74, 6) is 0.374. The Morgan fingerprint density at radius 1 is 0.878 bits per heavy atom. The van der Waals surface area contributed by atoms with E-state index in [9.17, 15) is 22.2 Å². The Bertz CT molecular complexity index is 2060. The fourth-order valence-corrected chi connectivity index (χ4v) is 8.09. The molecule has 5 rings (SSSR count). The highest BCUT2D eigenvalue weighted by Crippen LogP contribution is 2.29. The van der Waals surface area contributed by atoms with Gasteiger partial charge in [-0.2, -0.15) is 0 Å². The first kappa shape index (κ1) is 35.8. The van der Waals surface area contributed by atoms with Crippen molar-refractivity contribution in [2.45, 2.75) is 54.6 Å². The number of Topliss-reactive ketones (excluding diaryl/α,β-unsaturated/α-hetero) is 1. The van der Waals surface area contributed by atoms with Gasteiger partial charge in [-0.15, -0.1) is 11.8 Å². The second-order valence-electron chi connectivity index (χ2n) is 11.4. The number of thioether (sulfide) groups is 1. The summed E-state index contributed by atoms with van der Waals surface area (Å²) in [4.78, 5) is 31.6. The predicted molar refractivity (Wildman–Crippen MR) is 195 cm³/mol. The minimum Gasteiger partial charge on any atom is -0.333 e. The standard InChI is InChI=1S/C37H38N4O5S3/c1-4-10-34-39-36(47-3)35(32(42)25-48(44)30-21-15-26(2)16-22-30)41(34)24-28-17-19-29(20-18-28)31-13-8-9-14-33(31)49(45,46)40-37(43)38-23-27-11-6-5-7-12-27/h5-9,11-22H,4,10,23-25H2,1-3H3,(H2,38,40,43). The molecule has 1 unspecified atom stereocenters. The van der Waals surface area contributed by atoms with Crippen molar-refractivity contribution in [2.75, 3.05) is 12.0 Å². The number of nitrogens with one attached hydrogen (secondary N) is 2. The summed E-state index contributed by atoms with van der Waals surface area (Å²) < 4.78 is 43.8. The zero-order valence-corrected chi connectivity index (χ0v) is 30.0. The van der Waals surface area contributed by atoms with Crippen molar-refractivity contribution in [2.24, 2.45) is 0 Å². The van der Waals surface area contributed by atoms with Crippen LogP contribution in [0.4, 0.5) is 4.79 Å². The van der Waals surface area contributed by atoms with E-state index in [1.807, 2.05) is 91.4 Å². The maximum absolute atomic E-state index is 13.7. The van der Waals surface area contributed by atoms with E-state index in [1.54, 1.807) is 30.3 Å². The lowest BCUT2D eigenvalue weighted by Crippen LogP contribution is -2.39. The van der Waals surface area contributed by atoms with Crippen LogP contribution < -0.4 is 10.0 Å². The molecule has 9 nitrogen and oxygen atoms in total. The summed E-state index contributed by atoms with van der Waals surface area (Å²) >= 11 is 1.39. The highest BCUT2D eigenvalue weighted by atomic mass is 32.2. The Morgan fingerprint density at radius 2 is 1.55 bits per heavy atom. The number of carbonyl (C=O) groups is 2. The monoisotopic (exact) mass is 714 g/mol. The number of hydrogen-bond donors (Lipinski definition) is 2. The van der Waals surface area contributed by atoms with Gasteiger partial charge in [0.2, 0.25) is 0 Å². The molecule has 0 fully saturated rings. The maximum atomic E-state index is 13.7. The van der Waals surface area contributed by atoms with Gasteiger partial charge in [-0.05, 0) is 54.5 Å². The summed E-state index contributed by atoms with van der Waals surface area (Å²) in [6, 6.07) is 29.6. The van der Waals surface area contributed by atoms with E-state index in [-0.39, 0.29) is 23.0 Å². The summed E-state index contributed by atoms with van der Waals surface area (Å²) in [5.41, 5.74) is 4.28. The molecule has 5 aromatic rings. The molecule has 0 aliphatic rings. The molecule has 0 radical (unpaired) electrons. The lowest BCUT2D eigenvalue weighted by molar-refractivity contribution is 0.101. The maximum Gasteiger partial charge on any atom is 0.328 e. The highest BCUT2D eigenvalue weighted by molar-refractivity contribution is 7.98. The SMILES string of the molecule is CCCc1nc(SC)c(C(=O)CS(=O)c2ccc(C)cc2)n1Cc1ccc(-c2ccccc2S(=O)(=O)NC(=O)NCc2ccccc2)cc1. The second-order valence-corrected chi connectivity index (χ2v) is 15.3. The molecule has 0 saturated carbocycles.